The van der Waals surface area contributed by atoms with E-state index in [1.54, 1.807) is 21.6 Å². The van der Waals surface area contributed by atoms with Crippen molar-refractivity contribution in [2.24, 2.45) is 11.8 Å². The molecule has 2 fully saturated rings. The van der Waals surface area contributed by atoms with Gasteiger partial charge in [0.25, 0.3) is 11.5 Å². The van der Waals surface area contributed by atoms with Crippen LogP contribution in [0.25, 0.3) is 11.7 Å². The highest BCUT2D eigenvalue weighted by atomic mass is 32.2. The number of hydrogen-bond acceptors (Lipinski definition) is 6. The largest absolute Gasteiger partial charge is 0.355 e. The molecule has 0 aromatic carbocycles. The van der Waals surface area contributed by atoms with E-state index in [1.165, 1.54) is 11.8 Å². The summed E-state index contributed by atoms with van der Waals surface area (Å²) < 4.78 is 2.15. The molecule has 0 aliphatic carbocycles. The van der Waals surface area contributed by atoms with Crippen molar-refractivity contribution in [2.45, 2.75) is 53.4 Å². The summed E-state index contributed by atoms with van der Waals surface area (Å²) in [6.45, 7) is 10.9. The number of carbonyl (C=O) groups is 1. The predicted octanol–water partition coefficient (Wildman–Crippen LogP) is 4.88. The number of fused-ring (bicyclic) bond motifs is 1. The molecule has 0 saturated carbocycles. The van der Waals surface area contributed by atoms with Crippen molar-refractivity contribution in [1.29, 1.82) is 0 Å². The molecule has 0 spiro atoms. The fraction of sp³-hybridized carbons (Fsp3) is 0.520. The summed E-state index contributed by atoms with van der Waals surface area (Å²) in [5.74, 6) is 1.58. The zero-order valence-electron chi connectivity index (χ0n) is 19.8. The molecular weight excluding hydrogens is 452 g/mol. The van der Waals surface area contributed by atoms with E-state index in [-0.39, 0.29) is 11.5 Å². The number of pyridine rings is 1. The third-order valence-electron chi connectivity index (χ3n) is 6.37. The number of anilines is 1. The lowest BCUT2D eigenvalue weighted by atomic mass is 9.91. The summed E-state index contributed by atoms with van der Waals surface area (Å²) in [6, 6.07) is 3.82. The molecule has 33 heavy (non-hydrogen) atoms. The minimum atomic E-state index is -0.152. The molecular formula is C25H32N4O2S2. The predicted molar refractivity (Wildman–Crippen MR) is 141 cm³/mol. The van der Waals surface area contributed by atoms with Gasteiger partial charge in [-0.1, -0.05) is 63.7 Å². The van der Waals surface area contributed by atoms with Gasteiger partial charge < -0.3 is 4.90 Å². The molecule has 8 heteroatoms. The molecule has 2 aromatic heterocycles. The summed E-state index contributed by atoms with van der Waals surface area (Å²) in [4.78, 5) is 36.2. The molecule has 4 rings (SSSR count). The zero-order valence-corrected chi connectivity index (χ0v) is 21.5. The Bertz CT molecular complexity index is 1160. The monoisotopic (exact) mass is 484 g/mol. The van der Waals surface area contributed by atoms with Gasteiger partial charge in [-0.2, -0.15) is 0 Å². The summed E-state index contributed by atoms with van der Waals surface area (Å²) in [6.07, 6.45) is 7.69. The maximum atomic E-state index is 13.7. The second kappa shape index (κ2) is 9.97. The molecule has 6 nitrogen and oxygen atoms in total. The lowest BCUT2D eigenvalue weighted by Crippen LogP contribution is -2.40. The van der Waals surface area contributed by atoms with Gasteiger partial charge in [-0.25, -0.2) is 4.98 Å². The molecule has 2 aromatic rings. The van der Waals surface area contributed by atoms with Crippen LogP contribution in [0.4, 0.5) is 5.82 Å². The molecule has 2 atom stereocenters. The van der Waals surface area contributed by atoms with Crippen LogP contribution in [0.15, 0.2) is 28.0 Å². The molecule has 0 unspecified atom stereocenters. The Labute approximate surface area is 205 Å². The van der Waals surface area contributed by atoms with Gasteiger partial charge in [0, 0.05) is 25.8 Å². The number of thioether (sulfide) groups is 1. The fourth-order valence-electron chi connectivity index (χ4n) is 4.85. The van der Waals surface area contributed by atoms with Crippen molar-refractivity contribution >= 4 is 51.7 Å². The number of piperidine rings is 1. The number of thiocarbonyl (C=S) groups is 1. The van der Waals surface area contributed by atoms with Crippen LogP contribution in [0.1, 0.15) is 57.6 Å². The number of aryl methyl sites for hydroxylation is 1. The second-order valence-electron chi connectivity index (χ2n) is 9.43. The lowest BCUT2D eigenvalue weighted by molar-refractivity contribution is -0.122. The average Bonchev–Trinajstić information content (AvgIpc) is 3.03. The molecule has 0 radical (unpaired) electrons. The Kier molecular flexibility index (Phi) is 7.24. The highest BCUT2D eigenvalue weighted by molar-refractivity contribution is 8.26. The van der Waals surface area contributed by atoms with Crippen LogP contribution in [-0.4, -0.2) is 44.1 Å². The van der Waals surface area contributed by atoms with Crippen molar-refractivity contribution in [3.05, 3.63) is 44.7 Å². The number of amides is 1. The van der Waals surface area contributed by atoms with Crippen LogP contribution in [0, 0.1) is 18.8 Å². The smallest absolute Gasteiger partial charge is 0.267 e. The van der Waals surface area contributed by atoms with E-state index < -0.39 is 0 Å². The fourth-order valence-corrected chi connectivity index (χ4v) is 6.14. The standard InChI is InChI=1S/C25H32N4O2S2/c1-5-6-7-10-29-24(31)20(33-25(29)32)13-19-22(27-14-16(2)12-17(3)15-27)26-21-18(4)9-8-11-28(21)23(19)30/h8-9,11,13,16-17H,5-7,10,12,14-15H2,1-4H3/b20-13-/t16-,17-/m1/s1. The quantitative estimate of drug-likeness (QED) is 0.331. The minimum absolute atomic E-state index is 0.110. The first-order valence-corrected chi connectivity index (χ1v) is 13.0. The Morgan fingerprint density at radius 3 is 2.64 bits per heavy atom. The van der Waals surface area contributed by atoms with Crippen LogP contribution in [-0.2, 0) is 4.79 Å². The van der Waals surface area contributed by atoms with E-state index in [4.69, 9.17) is 17.2 Å². The molecule has 1 amide bonds. The second-order valence-corrected chi connectivity index (χ2v) is 11.1. The maximum absolute atomic E-state index is 13.7. The SMILES string of the molecule is CCCCCN1C(=O)/C(=C/c2c(N3C[C@H](C)C[C@@H](C)C3)nc3c(C)cccn3c2=O)SC1=S. The van der Waals surface area contributed by atoms with Crippen molar-refractivity contribution in [3.8, 4) is 0 Å². The van der Waals surface area contributed by atoms with E-state index in [0.717, 1.165) is 44.3 Å². The Hall–Kier alpha value is -2.19. The molecule has 0 N–H and O–H groups in total. The molecule has 0 bridgehead atoms. The van der Waals surface area contributed by atoms with Crippen LogP contribution in [0.2, 0.25) is 0 Å². The van der Waals surface area contributed by atoms with Gasteiger partial charge in [0.1, 0.15) is 15.8 Å². The van der Waals surface area contributed by atoms with Crippen LogP contribution >= 0.6 is 24.0 Å². The Morgan fingerprint density at radius 2 is 1.94 bits per heavy atom. The summed E-state index contributed by atoms with van der Waals surface area (Å²) >= 11 is 6.78. The van der Waals surface area contributed by atoms with E-state index >= 15 is 0 Å². The van der Waals surface area contributed by atoms with Crippen molar-refractivity contribution in [1.82, 2.24) is 14.3 Å². The molecule has 4 heterocycles. The van der Waals surface area contributed by atoms with Crippen LogP contribution < -0.4 is 10.5 Å². The lowest BCUT2D eigenvalue weighted by Gasteiger charge is -2.36. The van der Waals surface area contributed by atoms with Crippen molar-refractivity contribution in [2.75, 3.05) is 24.5 Å². The first-order valence-electron chi connectivity index (χ1n) is 11.8. The topological polar surface area (TPSA) is 57.9 Å². The van der Waals surface area contributed by atoms with Gasteiger partial charge in [0.15, 0.2) is 0 Å². The zero-order chi connectivity index (χ0) is 23.7. The maximum Gasteiger partial charge on any atom is 0.267 e. The van der Waals surface area contributed by atoms with Crippen molar-refractivity contribution in [3.63, 3.8) is 0 Å². The molecule has 2 aliphatic heterocycles. The summed E-state index contributed by atoms with van der Waals surface area (Å²) in [5, 5.41) is 0. The van der Waals surface area contributed by atoms with E-state index in [9.17, 15) is 9.59 Å². The number of aromatic nitrogens is 2. The van der Waals surface area contributed by atoms with Crippen LogP contribution in [0.5, 0.6) is 0 Å². The Morgan fingerprint density at radius 1 is 1.21 bits per heavy atom. The molecule has 2 saturated heterocycles. The van der Waals surface area contributed by atoms with Gasteiger partial charge in [0.05, 0.1) is 10.5 Å². The first-order chi connectivity index (χ1) is 15.8. The number of hydrogen-bond donors (Lipinski definition) is 0. The normalized spacial score (nSPS) is 22.7. The molecule has 2 aliphatic rings. The summed E-state index contributed by atoms with van der Waals surface area (Å²) in [7, 11) is 0. The minimum Gasteiger partial charge on any atom is -0.355 e. The van der Waals surface area contributed by atoms with E-state index in [1.807, 2.05) is 19.1 Å². The average molecular weight is 485 g/mol. The van der Waals surface area contributed by atoms with Gasteiger partial charge in [-0.3, -0.25) is 18.9 Å². The van der Waals surface area contributed by atoms with Gasteiger partial charge in [0.2, 0.25) is 0 Å². The number of nitrogens with zero attached hydrogens (tertiary/aromatic N) is 4. The van der Waals surface area contributed by atoms with Gasteiger partial charge in [-0.05, 0) is 49.3 Å². The highest BCUT2D eigenvalue weighted by Gasteiger charge is 2.33. The number of carbonyl (C=O) groups excluding carboxylic acids is 1. The van der Waals surface area contributed by atoms with E-state index in [0.29, 0.717) is 44.6 Å². The molecule has 176 valence electrons. The van der Waals surface area contributed by atoms with Gasteiger partial charge >= 0.3 is 0 Å². The summed E-state index contributed by atoms with van der Waals surface area (Å²) in [5.41, 5.74) is 1.92. The van der Waals surface area contributed by atoms with E-state index in [2.05, 4.69) is 25.7 Å². The van der Waals surface area contributed by atoms with Crippen molar-refractivity contribution < 1.29 is 4.79 Å². The number of rotatable bonds is 6. The first kappa shape index (κ1) is 24.0. The third-order valence-corrected chi connectivity index (χ3v) is 7.74. The van der Waals surface area contributed by atoms with Crippen LogP contribution in [0.3, 0.4) is 0 Å². The Balaban J connectivity index is 1.81. The number of unbranched alkanes of at least 4 members (excludes halogenated alkanes) is 2. The third kappa shape index (κ3) is 4.87. The van der Waals surface area contributed by atoms with Gasteiger partial charge in [-0.15, -0.1) is 0 Å². The highest BCUT2D eigenvalue weighted by Crippen LogP contribution is 2.35.